The lowest BCUT2D eigenvalue weighted by Gasteiger charge is -2.33. The van der Waals surface area contributed by atoms with Crippen LogP contribution in [0.3, 0.4) is 0 Å². The Labute approximate surface area is 165 Å². The summed E-state index contributed by atoms with van der Waals surface area (Å²) < 4.78 is 26.3. The van der Waals surface area contributed by atoms with Crippen LogP contribution in [0.25, 0.3) is 0 Å². The average Bonchev–Trinajstić information content (AvgIpc) is 2.63. The zero-order valence-corrected chi connectivity index (χ0v) is 15.7. The Morgan fingerprint density at radius 1 is 1.04 bits per heavy atom. The molecule has 2 aromatic rings. The molecule has 2 atom stereocenters. The third kappa shape index (κ3) is 4.99. The molecule has 27 heavy (non-hydrogen) atoms. The molecule has 1 aliphatic rings. The molecule has 5 nitrogen and oxygen atoms in total. The Hall–Kier alpha value is -2.12. The van der Waals surface area contributed by atoms with Crippen LogP contribution in [0.2, 0.25) is 10.0 Å². The van der Waals surface area contributed by atoms with Gasteiger partial charge >= 0.3 is 6.03 Å². The molecule has 0 spiro atoms. The van der Waals surface area contributed by atoms with E-state index in [1.54, 1.807) is 0 Å². The fraction of sp³-hybridized carbons (Fsp3) is 0.333. The molecule has 0 bridgehead atoms. The summed E-state index contributed by atoms with van der Waals surface area (Å²) in [5.74, 6) is -1.99. The van der Waals surface area contributed by atoms with E-state index < -0.39 is 17.7 Å². The number of pyridine rings is 1. The van der Waals surface area contributed by atoms with Gasteiger partial charge in [0.25, 0.3) is 0 Å². The highest BCUT2D eigenvalue weighted by Crippen LogP contribution is 2.32. The van der Waals surface area contributed by atoms with Crippen LogP contribution >= 0.6 is 23.2 Å². The van der Waals surface area contributed by atoms with Gasteiger partial charge in [-0.1, -0.05) is 36.0 Å². The van der Waals surface area contributed by atoms with Crippen molar-refractivity contribution >= 4 is 40.6 Å². The van der Waals surface area contributed by atoms with Gasteiger partial charge in [0.2, 0.25) is 0 Å². The standard InChI is InChI=1S/C18H18Cl2F2N4O/c19-11-8-23-9-12(20)17(11)25-15-3-1-2-4-16(15)26-18(27)24-10-5-6-13(21)14(22)7-10/h5-9,15-16H,1-4H2,(H,23,25)(H2,24,26,27). The van der Waals surface area contributed by atoms with Gasteiger partial charge in [0.05, 0.1) is 21.8 Å². The normalized spacial score (nSPS) is 19.4. The number of nitrogens with one attached hydrogen (secondary N) is 3. The number of benzene rings is 1. The van der Waals surface area contributed by atoms with Gasteiger partial charge in [-0.15, -0.1) is 0 Å². The van der Waals surface area contributed by atoms with E-state index in [0.717, 1.165) is 37.8 Å². The van der Waals surface area contributed by atoms with E-state index in [-0.39, 0.29) is 17.8 Å². The molecular formula is C18H18Cl2F2N4O. The van der Waals surface area contributed by atoms with E-state index in [9.17, 15) is 13.6 Å². The number of urea groups is 1. The third-order valence-electron chi connectivity index (χ3n) is 4.44. The van der Waals surface area contributed by atoms with Gasteiger partial charge in [0.15, 0.2) is 11.6 Å². The first-order valence-electron chi connectivity index (χ1n) is 8.52. The summed E-state index contributed by atoms with van der Waals surface area (Å²) in [5, 5.41) is 9.50. The van der Waals surface area contributed by atoms with E-state index in [2.05, 4.69) is 20.9 Å². The van der Waals surface area contributed by atoms with Crippen LogP contribution in [-0.2, 0) is 0 Å². The molecule has 9 heteroatoms. The van der Waals surface area contributed by atoms with Crippen molar-refractivity contribution in [2.75, 3.05) is 10.6 Å². The first-order chi connectivity index (χ1) is 12.9. The maximum atomic E-state index is 13.3. The number of anilines is 2. The monoisotopic (exact) mass is 414 g/mol. The highest BCUT2D eigenvalue weighted by molar-refractivity contribution is 6.38. The van der Waals surface area contributed by atoms with Gasteiger partial charge in [-0.05, 0) is 25.0 Å². The van der Waals surface area contributed by atoms with E-state index >= 15 is 0 Å². The Kier molecular flexibility index (Phi) is 6.34. The number of aromatic nitrogens is 1. The van der Waals surface area contributed by atoms with Crippen molar-refractivity contribution < 1.29 is 13.6 Å². The fourth-order valence-electron chi connectivity index (χ4n) is 3.12. The maximum Gasteiger partial charge on any atom is 0.319 e. The topological polar surface area (TPSA) is 66.1 Å². The van der Waals surface area contributed by atoms with Crippen molar-refractivity contribution in [2.24, 2.45) is 0 Å². The lowest BCUT2D eigenvalue weighted by molar-refractivity contribution is 0.242. The summed E-state index contributed by atoms with van der Waals surface area (Å²) in [4.78, 5) is 16.2. The van der Waals surface area contributed by atoms with Gasteiger partial charge < -0.3 is 16.0 Å². The van der Waals surface area contributed by atoms with Crippen LogP contribution in [-0.4, -0.2) is 23.1 Å². The van der Waals surface area contributed by atoms with Gasteiger partial charge in [-0.3, -0.25) is 4.98 Å². The fourth-order valence-corrected chi connectivity index (χ4v) is 3.59. The van der Waals surface area contributed by atoms with Gasteiger partial charge in [-0.25, -0.2) is 13.6 Å². The number of amides is 2. The van der Waals surface area contributed by atoms with Crippen molar-refractivity contribution in [3.63, 3.8) is 0 Å². The van der Waals surface area contributed by atoms with Crippen molar-refractivity contribution in [3.05, 3.63) is 52.3 Å². The summed E-state index contributed by atoms with van der Waals surface area (Å²) >= 11 is 12.3. The third-order valence-corrected chi connectivity index (χ3v) is 5.02. The zero-order valence-electron chi connectivity index (χ0n) is 14.2. The number of hydrogen-bond donors (Lipinski definition) is 3. The molecule has 2 unspecified atom stereocenters. The Balaban J connectivity index is 1.66. The van der Waals surface area contributed by atoms with Crippen LogP contribution in [0.15, 0.2) is 30.6 Å². The molecule has 144 valence electrons. The summed E-state index contributed by atoms with van der Waals surface area (Å²) in [7, 11) is 0. The van der Waals surface area contributed by atoms with Gasteiger partial charge in [0, 0.05) is 30.2 Å². The van der Waals surface area contributed by atoms with Crippen LogP contribution in [0.4, 0.5) is 25.0 Å². The number of nitrogens with zero attached hydrogens (tertiary/aromatic N) is 1. The van der Waals surface area contributed by atoms with E-state index in [1.807, 2.05) is 0 Å². The Morgan fingerprint density at radius 2 is 1.70 bits per heavy atom. The molecule has 3 N–H and O–H groups in total. The van der Waals surface area contributed by atoms with Gasteiger partial charge in [-0.2, -0.15) is 0 Å². The molecule has 1 aromatic heterocycles. The molecule has 1 heterocycles. The molecule has 3 rings (SSSR count). The van der Waals surface area contributed by atoms with Crippen LogP contribution in [0.1, 0.15) is 25.7 Å². The summed E-state index contributed by atoms with van der Waals surface area (Å²) in [6.45, 7) is 0. The van der Waals surface area contributed by atoms with Crippen LogP contribution in [0.5, 0.6) is 0 Å². The average molecular weight is 415 g/mol. The minimum atomic E-state index is -1.02. The lowest BCUT2D eigenvalue weighted by atomic mass is 9.90. The minimum Gasteiger partial charge on any atom is -0.378 e. The molecular weight excluding hydrogens is 397 g/mol. The van der Waals surface area contributed by atoms with Crippen molar-refractivity contribution in [1.29, 1.82) is 0 Å². The molecule has 0 saturated heterocycles. The molecule has 0 aliphatic heterocycles. The second kappa shape index (κ2) is 8.71. The summed E-state index contributed by atoms with van der Waals surface area (Å²) in [6.07, 6.45) is 6.55. The molecule has 1 saturated carbocycles. The second-order valence-corrected chi connectivity index (χ2v) is 7.16. The largest absolute Gasteiger partial charge is 0.378 e. The number of halogens is 4. The number of hydrogen-bond acceptors (Lipinski definition) is 3. The smallest absolute Gasteiger partial charge is 0.319 e. The predicted octanol–water partition coefficient (Wildman–Crippen LogP) is 5.21. The number of carbonyl (C=O) groups excluding carboxylic acids is 1. The second-order valence-electron chi connectivity index (χ2n) is 6.35. The van der Waals surface area contributed by atoms with Crippen molar-refractivity contribution in [1.82, 2.24) is 10.3 Å². The molecule has 1 fully saturated rings. The maximum absolute atomic E-state index is 13.3. The molecule has 1 aromatic carbocycles. The van der Waals surface area contributed by atoms with Crippen molar-refractivity contribution in [2.45, 2.75) is 37.8 Å². The van der Waals surface area contributed by atoms with E-state index in [1.165, 1.54) is 18.5 Å². The first-order valence-corrected chi connectivity index (χ1v) is 9.27. The summed E-state index contributed by atoms with van der Waals surface area (Å²) in [5.41, 5.74) is 0.750. The number of carbonyl (C=O) groups is 1. The predicted molar refractivity (Wildman–Crippen MR) is 102 cm³/mol. The highest BCUT2D eigenvalue weighted by atomic mass is 35.5. The molecule has 0 radical (unpaired) electrons. The molecule has 2 amide bonds. The minimum absolute atomic E-state index is 0.0770. The quantitative estimate of drug-likeness (QED) is 0.642. The lowest BCUT2D eigenvalue weighted by Crippen LogP contribution is -2.49. The van der Waals surface area contributed by atoms with Crippen molar-refractivity contribution in [3.8, 4) is 0 Å². The zero-order chi connectivity index (χ0) is 19.4. The van der Waals surface area contributed by atoms with E-state index in [4.69, 9.17) is 23.2 Å². The van der Waals surface area contributed by atoms with Crippen LogP contribution in [0, 0.1) is 11.6 Å². The highest BCUT2D eigenvalue weighted by Gasteiger charge is 2.27. The number of rotatable bonds is 4. The van der Waals surface area contributed by atoms with E-state index in [0.29, 0.717) is 15.7 Å². The first kappa shape index (κ1) is 19.6. The Morgan fingerprint density at radius 3 is 2.37 bits per heavy atom. The Bertz CT molecular complexity index is 817. The summed E-state index contributed by atoms with van der Waals surface area (Å²) in [6, 6.07) is 2.44. The molecule has 1 aliphatic carbocycles. The van der Waals surface area contributed by atoms with Gasteiger partial charge in [0.1, 0.15) is 0 Å². The van der Waals surface area contributed by atoms with Crippen LogP contribution < -0.4 is 16.0 Å². The SMILES string of the molecule is O=C(Nc1ccc(F)c(F)c1)NC1CCCCC1Nc1c(Cl)cncc1Cl.